The maximum atomic E-state index is 3.53. The van der Waals surface area contributed by atoms with Gasteiger partial charge in [-0.3, -0.25) is 0 Å². The van der Waals surface area contributed by atoms with Crippen LogP contribution in [0.4, 0.5) is 5.69 Å². The molecule has 86 valence electrons. The summed E-state index contributed by atoms with van der Waals surface area (Å²) in [4.78, 5) is 2.63. The van der Waals surface area contributed by atoms with Gasteiger partial charge < -0.3 is 10.2 Å². The summed E-state index contributed by atoms with van der Waals surface area (Å²) in [5.74, 6) is 0. The van der Waals surface area contributed by atoms with E-state index >= 15 is 0 Å². The summed E-state index contributed by atoms with van der Waals surface area (Å²) in [6.07, 6.45) is 1.22. The lowest BCUT2D eigenvalue weighted by Crippen LogP contribution is -2.54. The largest absolute Gasteiger partial charge is 0.363 e. The Morgan fingerprint density at radius 2 is 2.06 bits per heavy atom. The number of nitrogens with zero attached hydrogens (tertiary/aromatic N) is 1. The Labute approximate surface area is 97.6 Å². The molecule has 2 aliphatic heterocycles. The van der Waals surface area contributed by atoms with Crippen LogP contribution in [0.25, 0.3) is 0 Å². The van der Waals surface area contributed by atoms with Crippen LogP contribution in [0.2, 0.25) is 0 Å². The number of nitrogens with one attached hydrogen (secondary N) is 1. The molecule has 2 unspecified atom stereocenters. The molecular weight excluding hydrogens is 196 g/mol. The van der Waals surface area contributed by atoms with Crippen LogP contribution in [0.3, 0.4) is 0 Å². The van der Waals surface area contributed by atoms with Crippen molar-refractivity contribution in [2.24, 2.45) is 0 Å². The summed E-state index contributed by atoms with van der Waals surface area (Å²) >= 11 is 0. The number of anilines is 1. The van der Waals surface area contributed by atoms with Crippen molar-refractivity contribution in [2.45, 2.75) is 39.3 Å². The van der Waals surface area contributed by atoms with E-state index in [4.69, 9.17) is 0 Å². The number of hydrogen-bond acceptors (Lipinski definition) is 2. The van der Waals surface area contributed by atoms with Gasteiger partial charge in [-0.15, -0.1) is 0 Å². The van der Waals surface area contributed by atoms with E-state index < -0.39 is 0 Å². The molecule has 0 amide bonds. The van der Waals surface area contributed by atoms with Gasteiger partial charge in [-0.25, -0.2) is 0 Å². The van der Waals surface area contributed by atoms with E-state index in [1.807, 2.05) is 0 Å². The number of hydrogen-bond donors (Lipinski definition) is 1. The van der Waals surface area contributed by atoms with Crippen molar-refractivity contribution in [2.75, 3.05) is 18.0 Å². The highest BCUT2D eigenvalue weighted by Crippen LogP contribution is 2.37. The molecule has 1 N–H and O–H groups in total. The fraction of sp³-hybridized carbons (Fsp3) is 0.571. The lowest BCUT2D eigenvalue weighted by Gasteiger charge is -2.38. The minimum Gasteiger partial charge on any atom is -0.363 e. The van der Waals surface area contributed by atoms with Crippen LogP contribution in [0.5, 0.6) is 0 Å². The molecule has 0 aliphatic carbocycles. The van der Waals surface area contributed by atoms with Crippen LogP contribution in [0.15, 0.2) is 12.1 Å². The third-order valence-electron chi connectivity index (χ3n) is 4.00. The van der Waals surface area contributed by atoms with E-state index in [0.717, 1.165) is 13.1 Å². The molecule has 2 heterocycles. The molecule has 2 heteroatoms. The Hall–Kier alpha value is -1.02. The molecule has 0 radical (unpaired) electrons. The van der Waals surface area contributed by atoms with Crippen LogP contribution >= 0.6 is 0 Å². The molecule has 3 rings (SSSR count). The quantitative estimate of drug-likeness (QED) is 0.714. The zero-order valence-electron chi connectivity index (χ0n) is 10.4. The van der Waals surface area contributed by atoms with Gasteiger partial charge in [0.15, 0.2) is 0 Å². The summed E-state index contributed by atoms with van der Waals surface area (Å²) in [5.41, 5.74) is 5.93. The molecule has 1 fully saturated rings. The molecular formula is C14H20N2. The van der Waals surface area contributed by atoms with Gasteiger partial charge in [-0.1, -0.05) is 6.07 Å². The van der Waals surface area contributed by atoms with Gasteiger partial charge >= 0.3 is 0 Å². The minimum atomic E-state index is 0.626. The van der Waals surface area contributed by atoms with Crippen molar-refractivity contribution < 1.29 is 0 Å². The molecule has 0 aromatic heterocycles. The van der Waals surface area contributed by atoms with Gasteiger partial charge in [-0.05, 0) is 49.9 Å². The number of benzene rings is 1. The van der Waals surface area contributed by atoms with Crippen LogP contribution in [0.1, 0.15) is 23.6 Å². The summed E-state index contributed by atoms with van der Waals surface area (Å²) in [6, 6.07) is 5.99. The van der Waals surface area contributed by atoms with Gasteiger partial charge in [0.05, 0.1) is 0 Å². The van der Waals surface area contributed by atoms with Gasteiger partial charge in [0, 0.05) is 30.9 Å². The third-order valence-corrected chi connectivity index (χ3v) is 4.00. The fourth-order valence-corrected chi connectivity index (χ4v) is 3.33. The lowest BCUT2D eigenvalue weighted by atomic mass is 10.0. The second-order valence-corrected chi connectivity index (χ2v) is 5.35. The zero-order valence-corrected chi connectivity index (χ0v) is 10.4. The van der Waals surface area contributed by atoms with Crippen molar-refractivity contribution in [3.63, 3.8) is 0 Å². The first-order chi connectivity index (χ1) is 7.66. The molecule has 1 aromatic rings. The molecule has 2 aliphatic rings. The van der Waals surface area contributed by atoms with Crippen molar-refractivity contribution in [3.8, 4) is 0 Å². The highest BCUT2D eigenvalue weighted by Gasteiger charge is 2.35. The average Bonchev–Trinajstić information content (AvgIpc) is 2.58. The molecule has 1 aromatic carbocycles. The second-order valence-electron chi connectivity index (χ2n) is 5.35. The normalized spacial score (nSPS) is 27.8. The molecule has 0 bridgehead atoms. The van der Waals surface area contributed by atoms with E-state index in [-0.39, 0.29) is 0 Å². The van der Waals surface area contributed by atoms with E-state index in [1.165, 1.54) is 23.2 Å². The van der Waals surface area contributed by atoms with Gasteiger partial charge in [0.25, 0.3) is 0 Å². The van der Waals surface area contributed by atoms with Crippen LogP contribution in [-0.4, -0.2) is 25.2 Å². The molecule has 0 saturated carbocycles. The number of fused-ring (bicyclic) bond motifs is 3. The number of piperazine rings is 1. The summed E-state index contributed by atoms with van der Waals surface area (Å²) in [7, 11) is 0. The molecule has 0 spiro atoms. The highest BCUT2D eigenvalue weighted by molar-refractivity contribution is 5.64. The molecule has 2 nitrogen and oxygen atoms in total. The standard InChI is InChI=1S/C14H20N2/c1-9-4-10(2)13-6-12-8-15-7-11(3)16(12)14(13)5-9/h4-5,11-12,15H,6-8H2,1-3H3. The first-order valence-corrected chi connectivity index (χ1v) is 6.26. The van der Waals surface area contributed by atoms with E-state index in [0.29, 0.717) is 12.1 Å². The maximum Gasteiger partial charge on any atom is 0.0459 e. The number of aryl methyl sites for hydroxylation is 2. The minimum absolute atomic E-state index is 0.626. The van der Waals surface area contributed by atoms with Crippen molar-refractivity contribution in [1.82, 2.24) is 5.32 Å². The monoisotopic (exact) mass is 216 g/mol. The Morgan fingerprint density at radius 1 is 1.25 bits per heavy atom. The molecule has 1 saturated heterocycles. The molecule has 2 atom stereocenters. The topological polar surface area (TPSA) is 15.3 Å². The van der Waals surface area contributed by atoms with Crippen molar-refractivity contribution >= 4 is 5.69 Å². The van der Waals surface area contributed by atoms with Crippen LogP contribution < -0.4 is 10.2 Å². The zero-order chi connectivity index (χ0) is 11.3. The smallest absolute Gasteiger partial charge is 0.0459 e. The Balaban J connectivity index is 2.10. The summed E-state index contributed by atoms with van der Waals surface area (Å²) in [6.45, 7) is 9.03. The van der Waals surface area contributed by atoms with Gasteiger partial charge in [0.1, 0.15) is 0 Å². The predicted molar refractivity (Wildman–Crippen MR) is 68.2 cm³/mol. The van der Waals surface area contributed by atoms with Gasteiger partial charge in [0.2, 0.25) is 0 Å². The summed E-state index contributed by atoms with van der Waals surface area (Å²) in [5, 5.41) is 3.53. The average molecular weight is 216 g/mol. The Bertz CT molecular complexity index is 425. The van der Waals surface area contributed by atoms with Crippen LogP contribution in [-0.2, 0) is 6.42 Å². The van der Waals surface area contributed by atoms with E-state index in [9.17, 15) is 0 Å². The van der Waals surface area contributed by atoms with Crippen LogP contribution in [0, 0.1) is 13.8 Å². The molecule has 16 heavy (non-hydrogen) atoms. The predicted octanol–water partition coefficient (Wildman–Crippen LogP) is 2.03. The van der Waals surface area contributed by atoms with Crippen molar-refractivity contribution in [1.29, 1.82) is 0 Å². The fourth-order valence-electron chi connectivity index (χ4n) is 3.33. The lowest BCUT2D eigenvalue weighted by molar-refractivity contribution is 0.429. The Kier molecular flexibility index (Phi) is 2.21. The van der Waals surface area contributed by atoms with Gasteiger partial charge in [-0.2, -0.15) is 0 Å². The summed E-state index contributed by atoms with van der Waals surface area (Å²) < 4.78 is 0. The Morgan fingerprint density at radius 3 is 2.88 bits per heavy atom. The second kappa shape index (κ2) is 3.49. The first kappa shape index (κ1) is 10.2. The first-order valence-electron chi connectivity index (χ1n) is 6.26. The van der Waals surface area contributed by atoms with E-state index in [1.54, 1.807) is 5.56 Å². The SMILES string of the molecule is Cc1cc(C)c2c(c1)N1C(C)CNCC1C2. The van der Waals surface area contributed by atoms with E-state index in [2.05, 4.69) is 43.1 Å². The van der Waals surface area contributed by atoms with Crippen molar-refractivity contribution in [3.05, 3.63) is 28.8 Å². The third kappa shape index (κ3) is 1.36. The highest BCUT2D eigenvalue weighted by atomic mass is 15.3. The number of rotatable bonds is 0. The maximum absolute atomic E-state index is 3.53.